The first-order chi connectivity index (χ1) is 14.7. The summed E-state index contributed by atoms with van der Waals surface area (Å²) in [5.74, 6) is 0.984. The standard InChI is InChI=1S/C22H24N4O3S/c27-19(23-14-16-5-2-1-3-6-16)8-9-20-24-22(25-29-20)18-7-4-11-26(18)21(28)13-17-10-12-30-15-17/h1-3,5-6,10,12,15,18H,4,7-9,11,13-14H2,(H,23,27). The van der Waals surface area contributed by atoms with Crippen LogP contribution in [0.5, 0.6) is 0 Å². The van der Waals surface area contributed by atoms with Crippen LogP contribution in [0.1, 0.15) is 48.1 Å². The highest BCUT2D eigenvalue weighted by molar-refractivity contribution is 7.08. The van der Waals surface area contributed by atoms with Gasteiger partial charge in [-0.25, -0.2) is 0 Å². The van der Waals surface area contributed by atoms with E-state index in [2.05, 4.69) is 15.5 Å². The van der Waals surface area contributed by atoms with Crippen LogP contribution >= 0.6 is 11.3 Å². The van der Waals surface area contributed by atoms with Crippen molar-refractivity contribution in [3.63, 3.8) is 0 Å². The number of rotatable bonds is 8. The predicted octanol–water partition coefficient (Wildman–Crippen LogP) is 3.29. The van der Waals surface area contributed by atoms with E-state index in [1.54, 1.807) is 11.3 Å². The van der Waals surface area contributed by atoms with Crippen molar-refractivity contribution in [2.45, 2.75) is 44.7 Å². The lowest BCUT2D eigenvalue weighted by atomic mass is 10.2. The zero-order valence-corrected chi connectivity index (χ0v) is 17.4. The minimum atomic E-state index is -0.152. The second-order valence-electron chi connectivity index (χ2n) is 7.36. The van der Waals surface area contributed by atoms with Gasteiger partial charge in [0, 0.05) is 25.9 Å². The molecule has 3 heterocycles. The molecule has 1 saturated heterocycles. The summed E-state index contributed by atoms with van der Waals surface area (Å²) in [5, 5.41) is 11.0. The van der Waals surface area contributed by atoms with Gasteiger partial charge in [-0.05, 0) is 40.8 Å². The third kappa shape index (κ3) is 5.13. The normalized spacial score (nSPS) is 16.0. The van der Waals surface area contributed by atoms with Crippen LogP contribution in [0.3, 0.4) is 0 Å². The van der Waals surface area contributed by atoms with E-state index in [0.717, 1.165) is 24.0 Å². The molecule has 0 aliphatic carbocycles. The fourth-order valence-corrected chi connectivity index (χ4v) is 4.28. The quantitative estimate of drug-likeness (QED) is 0.599. The summed E-state index contributed by atoms with van der Waals surface area (Å²) in [6, 6.07) is 11.6. The second kappa shape index (κ2) is 9.67. The van der Waals surface area contributed by atoms with Crippen LogP contribution < -0.4 is 5.32 Å². The predicted molar refractivity (Wildman–Crippen MR) is 113 cm³/mol. The number of thiophene rings is 1. The van der Waals surface area contributed by atoms with Gasteiger partial charge in [-0.1, -0.05) is 35.5 Å². The summed E-state index contributed by atoms with van der Waals surface area (Å²) in [4.78, 5) is 31.1. The van der Waals surface area contributed by atoms with Gasteiger partial charge in [-0.3, -0.25) is 9.59 Å². The van der Waals surface area contributed by atoms with Crippen molar-refractivity contribution in [3.05, 3.63) is 70.0 Å². The maximum absolute atomic E-state index is 12.7. The molecule has 0 saturated carbocycles. The first-order valence-corrected chi connectivity index (χ1v) is 11.1. The molecule has 0 radical (unpaired) electrons. The average molecular weight is 425 g/mol. The third-order valence-electron chi connectivity index (χ3n) is 5.19. The van der Waals surface area contributed by atoms with Crippen molar-refractivity contribution >= 4 is 23.2 Å². The van der Waals surface area contributed by atoms with Gasteiger partial charge in [-0.15, -0.1) is 0 Å². The van der Waals surface area contributed by atoms with Crippen molar-refractivity contribution in [1.29, 1.82) is 0 Å². The Kier molecular flexibility index (Phi) is 6.53. The molecule has 0 spiro atoms. The second-order valence-corrected chi connectivity index (χ2v) is 8.14. The van der Waals surface area contributed by atoms with Crippen molar-refractivity contribution in [3.8, 4) is 0 Å². The van der Waals surface area contributed by atoms with E-state index in [1.165, 1.54) is 0 Å². The van der Waals surface area contributed by atoms with Crippen molar-refractivity contribution in [2.75, 3.05) is 6.54 Å². The van der Waals surface area contributed by atoms with Crippen LogP contribution in [-0.2, 0) is 29.0 Å². The number of hydrogen-bond acceptors (Lipinski definition) is 6. The molecule has 7 nitrogen and oxygen atoms in total. The number of benzene rings is 1. The lowest BCUT2D eigenvalue weighted by Gasteiger charge is -2.22. The molecule has 2 aromatic heterocycles. The van der Waals surface area contributed by atoms with Crippen molar-refractivity contribution in [2.24, 2.45) is 0 Å². The van der Waals surface area contributed by atoms with Gasteiger partial charge in [0.2, 0.25) is 17.7 Å². The first-order valence-electron chi connectivity index (χ1n) is 10.1. The molecule has 8 heteroatoms. The smallest absolute Gasteiger partial charge is 0.227 e. The Bertz CT molecular complexity index is 971. The Morgan fingerprint density at radius 1 is 1.20 bits per heavy atom. The van der Waals surface area contributed by atoms with Gasteiger partial charge in [0.1, 0.15) is 0 Å². The summed E-state index contributed by atoms with van der Waals surface area (Å²) in [5.41, 5.74) is 2.09. The minimum absolute atomic E-state index is 0.0629. The molecule has 4 rings (SSSR count). The molecule has 1 atom stereocenters. The topological polar surface area (TPSA) is 88.3 Å². The number of aromatic nitrogens is 2. The fourth-order valence-electron chi connectivity index (χ4n) is 3.61. The summed E-state index contributed by atoms with van der Waals surface area (Å²) in [6.07, 6.45) is 2.80. The zero-order valence-electron chi connectivity index (χ0n) is 16.6. The first kappa shape index (κ1) is 20.3. The summed E-state index contributed by atoms with van der Waals surface area (Å²) in [6.45, 7) is 1.21. The number of nitrogens with zero attached hydrogens (tertiary/aromatic N) is 3. The van der Waals surface area contributed by atoms with E-state index >= 15 is 0 Å². The van der Waals surface area contributed by atoms with Gasteiger partial charge in [-0.2, -0.15) is 16.3 Å². The average Bonchev–Trinajstić information content (AvgIpc) is 3.52. The van der Waals surface area contributed by atoms with E-state index < -0.39 is 0 Å². The van der Waals surface area contributed by atoms with E-state index in [0.29, 0.717) is 37.6 Å². The van der Waals surface area contributed by atoms with Gasteiger partial charge < -0.3 is 14.7 Å². The molecule has 1 fully saturated rings. The number of carbonyl (C=O) groups excluding carboxylic acids is 2. The zero-order chi connectivity index (χ0) is 20.8. The highest BCUT2D eigenvalue weighted by atomic mass is 32.1. The van der Waals surface area contributed by atoms with Crippen LogP contribution in [0, 0.1) is 0 Å². The Balaban J connectivity index is 1.28. The maximum Gasteiger partial charge on any atom is 0.227 e. The number of amides is 2. The van der Waals surface area contributed by atoms with Crippen LogP contribution in [0.25, 0.3) is 0 Å². The van der Waals surface area contributed by atoms with E-state index in [-0.39, 0.29) is 24.3 Å². The number of nitrogens with one attached hydrogen (secondary N) is 1. The molecule has 3 aromatic rings. The molecule has 1 aromatic carbocycles. The SMILES string of the molecule is O=C(CCc1nc(C2CCCN2C(=O)Cc2ccsc2)no1)NCc1ccccc1. The van der Waals surface area contributed by atoms with Gasteiger partial charge in [0.25, 0.3) is 0 Å². The lowest BCUT2D eigenvalue weighted by molar-refractivity contribution is -0.131. The molecular formula is C22H24N4O3S. The number of hydrogen-bond donors (Lipinski definition) is 1. The molecule has 0 bridgehead atoms. The van der Waals surface area contributed by atoms with Gasteiger partial charge in [0.15, 0.2) is 5.82 Å². The third-order valence-corrected chi connectivity index (χ3v) is 5.92. The summed E-state index contributed by atoms with van der Waals surface area (Å²) < 4.78 is 5.35. The van der Waals surface area contributed by atoms with Gasteiger partial charge in [0.05, 0.1) is 12.5 Å². The summed E-state index contributed by atoms with van der Waals surface area (Å²) in [7, 11) is 0. The molecule has 30 heavy (non-hydrogen) atoms. The van der Waals surface area contributed by atoms with E-state index in [1.807, 2.05) is 52.1 Å². The number of likely N-dealkylation sites (tertiary alicyclic amines) is 1. The number of aryl methyl sites for hydroxylation is 1. The minimum Gasteiger partial charge on any atom is -0.352 e. The highest BCUT2D eigenvalue weighted by Crippen LogP contribution is 2.31. The van der Waals surface area contributed by atoms with Crippen LogP contribution in [0.2, 0.25) is 0 Å². The maximum atomic E-state index is 12.7. The summed E-state index contributed by atoms with van der Waals surface area (Å²) >= 11 is 1.59. The molecule has 1 unspecified atom stereocenters. The Morgan fingerprint density at radius 2 is 2.07 bits per heavy atom. The van der Waals surface area contributed by atoms with Crippen LogP contribution in [0.4, 0.5) is 0 Å². The molecule has 1 N–H and O–H groups in total. The van der Waals surface area contributed by atoms with Crippen LogP contribution in [0.15, 0.2) is 51.7 Å². The largest absolute Gasteiger partial charge is 0.352 e. The Morgan fingerprint density at radius 3 is 2.87 bits per heavy atom. The Labute approximate surface area is 179 Å². The number of carbonyl (C=O) groups is 2. The molecular weight excluding hydrogens is 400 g/mol. The molecule has 2 amide bonds. The monoisotopic (exact) mass is 424 g/mol. The van der Waals surface area contributed by atoms with Crippen LogP contribution in [-0.4, -0.2) is 33.4 Å². The highest BCUT2D eigenvalue weighted by Gasteiger charge is 2.33. The Hall–Kier alpha value is -3.00. The molecule has 1 aliphatic rings. The van der Waals surface area contributed by atoms with Crippen molar-refractivity contribution < 1.29 is 14.1 Å². The lowest BCUT2D eigenvalue weighted by Crippen LogP contribution is -2.32. The van der Waals surface area contributed by atoms with Crippen molar-refractivity contribution in [1.82, 2.24) is 20.4 Å². The fraction of sp³-hybridized carbons (Fsp3) is 0.364. The molecule has 1 aliphatic heterocycles. The molecule has 156 valence electrons. The van der Waals surface area contributed by atoms with Gasteiger partial charge >= 0.3 is 0 Å². The van der Waals surface area contributed by atoms with E-state index in [9.17, 15) is 9.59 Å². The van der Waals surface area contributed by atoms with E-state index in [4.69, 9.17) is 4.52 Å².